The largest absolute Gasteiger partial charge is 0.466 e. The van der Waals surface area contributed by atoms with Crippen molar-refractivity contribution in [2.45, 2.75) is 25.8 Å². The Balaban J connectivity index is 1.73. The molecular weight excluding hydrogens is 426 g/mol. The average molecular weight is 447 g/mol. The molecule has 0 amide bonds. The molecule has 0 aliphatic rings. The van der Waals surface area contributed by atoms with Crippen LogP contribution in [0.2, 0.25) is 5.02 Å². The third-order valence-corrected chi connectivity index (χ3v) is 4.61. The van der Waals surface area contributed by atoms with E-state index in [0.717, 1.165) is 17.2 Å². The van der Waals surface area contributed by atoms with E-state index >= 15 is 0 Å². The van der Waals surface area contributed by atoms with Crippen molar-refractivity contribution in [3.63, 3.8) is 0 Å². The zero-order valence-electron chi connectivity index (χ0n) is 16.8. The molecule has 0 radical (unpaired) electrons. The van der Waals surface area contributed by atoms with E-state index in [4.69, 9.17) is 26.8 Å². The van der Waals surface area contributed by atoms with E-state index in [9.17, 15) is 13.6 Å². The van der Waals surface area contributed by atoms with Gasteiger partial charge in [-0.05, 0) is 48.2 Å². The first kappa shape index (κ1) is 22.7. The van der Waals surface area contributed by atoms with Gasteiger partial charge < -0.3 is 15.2 Å². The first-order valence-electron chi connectivity index (χ1n) is 9.64. The quantitative estimate of drug-likeness (QED) is 0.475. The number of pyridine rings is 1. The van der Waals surface area contributed by atoms with Crippen LogP contribution in [-0.2, 0) is 16.0 Å². The number of aromatic nitrogens is 1. The van der Waals surface area contributed by atoms with Crippen molar-refractivity contribution in [1.82, 2.24) is 4.98 Å². The Hall–Kier alpha value is -3.03. The lowest BCUT2D eigenvalue weighted by Crippen LogP contribution is -2.27. The van der Waals surface area contributed by atoms with Crippen molar-refractivity contribution < 1.29 is 23.0 Å². The fourth-order valence-corrected chi connectivity index (χ4v) is 3.18. The van der Waals surface area contributed by atoms with Crippen LogP contribution in [0.1, 0.15) is 18.9 Å². The zero-order valence-corrected chi connectivity index (χ0v) is 17.5. The van der Waals surface area contributed by atoms with E-state index in [1.807, 2.05) is 24.3 Å². The summed E-state index contributed by atoms with van der Waals surface area (Å²) in [5.41, 5.74) is 8.32. The monoisotopic (exact) mass is 446 g/mol. The van der Waals surface area contributed by atoms with Crippen LogP contribution in [0.25, 0.3) is 11.1 Å². The summed E-state index contributed by atoms with van der Waals surface area (Å²) in [6.07, 6.45) is 1.80. The van der Waals surface area contributed by atoms with Gasteiger partial charge in [-0.25, -0.2) is 13.8 Å². The van der Waals surface area contributed by atoms with Crippen molar-refractivity contribution in [3.05, 3.63) is 76.9 Å². The molecule has 1 aromatic heterocycles. The van der Waals surface area contributed by atoms with Crippen LogP contribution in [0.15, 0.2) is 54.7 Å². The normalized spacial score (nSPS) is 11.8. The smallest absolute Gasteiger partial charge is 0.307 e. The molecule has 2 N–H and O–H groups in total. The van der Waals surface area contributed by atoms with Crippen molar-refractivity contribution in [2.75, 3.05) is 6.61 Å². The van der Waals surface area contributed by atoms with Gasteiger partial charge in [-0.15, -0.1) is 0 Å². The number of carbonyl (C=O) groups is 1. The summed E-state index contributed by atoms with van der Waals surface area (Å²) < 4.78 is 38.6. The number of rotatable bonds is 8. The van der Waals surface area contributed by atoms with Gasteiger partial charge in [-0.1, -0.05) is 41.9 Å². The first-order chi connectivity index (χ1) is 14.9. The average Bonchev–Trinajstić information content (AvgIpc) is 2.71. The lowest BCUT2D eigenvalue weighted by molar-refractivity contribution is -0.143. The van der Waals surface area contributed by atoms with Crippen LogP contribution >= 0.6 is 11.6 Å². The summed E-state index contributed by atoms with van der Waals surface area (Å²) in [7, 11) is 0. The predicted molar refractivity (Wildman–Crippen MR) is 114 cm³/mol. The number of benzene rings is 2. The van der Waals surface area contributed by atoms with E-state index < -0.39 is 11.6 Å². The second-order valence-electron chi connectivity index (χ2n) is 6.86. The fraction of sp³-hybridized carbons (Fsp3) is 0.217. The van der Waals surface area contributed by atoms with Crippen LogP contribution in [-0.4, -0.2) is 23.6 Å². The van der Waals surface area contributed by atoms with E-state index in [1.165, 1.54) is 18.3 Å². The molecule has 0 aliphatic heterocycles. The van der Waals surface area contributed by atoms with E-state index in [2.05, 4.69) is 4.98 Å². The number of hydrogen-bond donors (Lipinski definition) is 1. The van der Waals surface area contributed by atoms with Crippen LogP contribution < -0.4 is 10.5 Å². The van der Waals surface area contributed by atoms with Gasteiger partial charge in [-0.2, -0.15) is 0 Å². The highest BCUT2D eigenvalue weighted by atomic mass is 35.5. The molecule has 0 saturated heterocycles. The van der Waals surface area contributed by atoms with E-state index in [0.29, 0.717) is 18.6 Å². The van der Waals surface area contributed by atoms with Crippen molar-refractivity contribution in [1.29, 1.82) is 0 Å². The van der Waals surface area contributed by atoms with Gasteiger partial charge >= 0.3 is 5.97 Å². The SMILES string of the molecule is CCOC(=O)CC(N)Cc1cccc(-c2ccc(Oc3ncc(Cl)cc3F)c(F)c2)c1. The van der Waals surface area contributed by atoms with Crippen LogP contribution in [0, 0.1) is 11.6 Å². The molecule has 5 nitrogen and oxygen atoms in total. The lowest BCUT2D eigenvalue weighted by atomic mass is 9.98. The Bertz CT molecular complexity index is 1080. The predicted octanol–water partition coefficient (Wildman–Crippen LogP) is 5.30. The van der Waals surface area contributed by atoms with Gasteiger partial charge in [0.25, 0.3) is 5.88 Å². The van der Waals surface area contributed by atoms with Gasteiger partial charge in [0, 0.05) is 12.2 Å². The molecule has 0 bridgehead atoms. The summed E-state index contributed by atoms with van der Waals surface area (Å²) in [6.45, 7) is 2.05. The molecular formula is C23H21ClF2N2O3. The van der Waals surface area contributed by atoms with Gasteiger partial charge in [-0.3, -0.25) is 4.79 Å². The minimum absolute atomic E-state index is 0.113. The summed E-state index contributed by atoms with van der Waals surface area (Å²) >= 11 is 5.66. The first-order valence-corrected chi connectivity index (χ1v) is 10.0. The standard InChI is InChI=1S/C23H21ClF2N2O3/c1-2-30-22(29)12-18(27)9-14-4-3-5-15(8-14)16-6-7-21(19(25)10-16)31-23-20(26)11-17(24)13-28-23/h3-8,10-11,13,18H,2,9,12,27H2,1H3. The molecule has 1 atom stereocenters. The molecule has 1 unspecified atom stereocenters. The number of halogens is 3. The highest BCUT2D eigenvalue weighted by Crippen LogP contribution is 2.30. The molecule has 3 aromatic rings. The van der Waals surface area contributed by atoms with Crippen LogP contribution in [0.3, 0.4) is 0 Å². The van der Waals surface area contributed by atoms with Gasteiger partial charge in [0.2, 0.25) is 0 Å². The van der Waals surface area contributed by atoms with Crippen molar-refractivity contribution in [2.24, 2.45) is 5.73 Å². The Morgan fingerprint density at radius 3 is 2.61 bits per heavy atom. The third kappa shape index (κ3) is 6.23. The minimum atomic E-state index is -0.789. The molecule has 0 saturated carbocycles. The van der Waals surface area contributed by atoms with E-state index in [1.54, 1.807) is 13.0 Å². The van der Waals surface area contributed by atoms with Gasteiger partial charge in [0.05, 0.1) is 18.1 Å². The molecule has 0 spiro atoms. The highest BCUT2D eigenvalue weighted by Gasteiger charge is 2.14. The maximum atomic E-state index is 14.6. The summed E-state index contributed by atoms with van der Waals surface area (Å²) in [6, 6.07) is 12.4. The Morgan fingerprint density at radius 1 is 1.13 bits per heavy atom. The zero-order chi connectivity index (χ0) is 22.4. The van der Waals surface area contributed by atoms with Crippen LogP contribution in [0.4, 0.5) is 8.78 Å². The number of nitrogens with zero attached hydrogens (tertiary/aromatic N) is 1. The molecule has 1 heterocycles. The highest BCUT2D eigenvalue weighted by molar-refractivity contribution is 6.30. The second-order valence-corrected chi connectivity index (χ2v) is 7.30. The maximum Gasteiger partial charge on any atom is 0.307 e. The molecule has 31 heavy (non-hydrogen) atoms. The Labute approximate surface area is 183 Å². The van der Waals surface area contributed by atoms with Crippen molar-refractivity contribution >= 4 is 17.6 Å². The molecule has 3 rings (SSSR count). The molecule has 162 valence electrons. The number of carbonyl (C=O) groups excluding carboxylic acids is 1. The van der Waals surface area contributed by atoms with Gasteiger partial charge in [0.1, 0.15) is 0 Å². The maximum absolute atomic E-state index is 14.6. The minimum Gasteiger partial charge on any atom is -0.466 e. The third-order valence-electron chi connectivity index (χ3n) is 4.40. The van der Waals surface area contributed by atoms with Crippen molar-refractivity contribution in [3.8, 4) is 22.8 Å². The molecule has 2 aromatic carbocycles. The van der Waals surface area contributed by atoms with E-state index in [-0.39, 0.29) is 35.1 Å². The Kier molecular flexibility index (Phi) is 7.55. The summed E-state index contributed by atoms with van der Waals surface area (Å²) in [5, 5.41) is 0.113. The topological polar surface area (TPSA) is 74.4 Å². The molecule has 8 heteroatoms. The van der Waals surface area contributed by atoms with Gasteiger partial charge in [0.15, 0.2) is 17.4 Å². The Morgan fingerprint density at radius 2 is 1.90 bits per heavy atom. The summed E-state index contributed by atoms with van der Waals surface area (Å²) in [4.78, 5) is 15.3. The lowest BCUT2D eigenvalue weighted by Gasteiger charge is -2.12. The number of esters is 1. The summed E-state index contributed by atoms with van der Waals surface area (Å²) in [5.74, 6) is -2.32. The van der Waals surface area contributed by atoms with Crippen LogP contribution in [0.5, 0.6) is 11.6 Å². The number of hydrogen-bond acceptors (Lipinski definition) is 5. The second kappa shape index (κ2) is 10.3. The number of nitrogens with two attached hydrogens (primary N) is 1. The molecule has 0 fully saturated rings. The number of ether oxygens (including phenoxy) is 2. The molecule has 0 aliphatic carbocycles. The fourth-order valence-electron chi connectivity index (χ4n) is 3.03.